The van der Waals surface area contributed by atoms with Crippen LogP contribution in [-0.2, 0) is 0 Å². The topological polar surface area (TPSA) is 109 Å². The van der Waals surface area contributed by atoms with Crippen LogP contribution in [0.15, 0.2) is 64.5 Å². The van der Waals surface area contributed by atoms with E-state index in [0.29, 0.717) is 34.6 Å². The van der Waals surface area contributed by atoms with Gasteiger partial charge in [-0.1, -0.05) is 46.8 Å². The molecule has 0 radical (unpaired) electrons. The molecular formula is C31H34N4O5. The van der Waals surface area contributed by atoms with Crippen LogP contribution in [0.1, 0.15) is 57.2 Å². The van der Waals surface area contributed by atoms with Gasteiger partial charge >= 0.3 is 0 Å². The number of methoxy groups -OCH3 is 1. The number of benzene rings is 3. The molecule has 9 heteroatoms. The van der Waals surface area contributed by atoms with Crippen LogP contribution in [0.25, 0.3) is 22.3 Å². The number of fused-ring (bicyclic) bond motifs is 1. The lowest BCUT2D eigenvalue weighted by Crippen LogP contribution is -2.21. The molecule has 208 valence electrons. The summed E-state index contributed by atoms with van der Waals surface area (Å²) >= 11 is 0. The van der Waals surface area contributed by atoms with Gasteiger partial charge in [-0.05, 0) is 59.7 Å². The van der Waals surface area contributed by atoms with Crippen molar-refractivity contribution in [3.05, 3.63) is 91.8 Å². The first-order valence-electron chi connectivity index (χ1n) is 13.1. The van der Waals surface area contributed by atoms with E-state index in [4.69, 9.17) is 14.5 Å². The lowest BCUT2D eigenvalue weighted by Gasteiger charge is -2.19. The zero-order chi connectivity index (χ0) is 29.2. The molecule has 0 atom stereocenters. The molecule has 0 saturated heterocycles. The number of rotatable bonds is 8. The fraction of sp³-hybridized carbons (Fsp3) is 0.323. The van der Waals surface area contributed by atoms with Crippen LogP contribution in [-0.4, -0.2) is 34.5 Å². The van der Waals surface area contributed by atoms with Gasteiger partial charge < -0.3 is 9.47 Å². The Bertz CT molecular complexity index is 1670. The second-order valence-corrected chi connectivity index (χ2v) is 11.2. The molecule has 0 spiro atoms. The maximum atomic E-state index is 13.8. The van der Waals surface area contributed by atoms with E-state index in [0.717, 1.165) is 22.4 Å². The Morgan fingerprint density at radius 1 is 1.10 bits per heavy atom. The molecule has 1 aromatic heterocycles. The van der Waals surface area contributed by atoms with Crippen molar-refractivity contribution in [1.29, 1.82) is 0 Å². The molecule has 3 aromatic carbocycles. The third kappa shape index (κ3) is 6.03. The van der Waals surface area contributed by atoms with Gasteiger partial charge in [-0.3, -0.25) is 14.9 Å². The van der Waals surface area contributed by atoms with Crippen molar-refractivity contribution in [1.82, 2.24) is 9.66 Å². The summed E-state index contributed by atoms with van der Waals surface area (Å²) in [4.78, 5) is 29.6. The van der Waals surface area contributed by atoms with E-state index in [-0.39, 0.29) is 22.6 Å². The maximum absolute atomic E-state index is 13.8. The summed E-state index contributed by atoms with van der Waals surface area (Å²) in [7, 11) is 1.63. The van der Waals surface area contributed by atoms with Crippen molar-refractivity contribution >= 4 is 22.8 Å². The Hall–Kier alpha value is -4.53. The number of nitro benzene ring substituents is 1. The van der Waals surface area contributed by atoms with Gasteiger partial charge in [-0.15, -0.1) is 0 Å². The van der Waals surface area contributed by atoms with Crippen LogP contribution in [0, 0.1) is 22.5 Å². The van der Waals surface area contributed by atoms with Crippen molar-refractivity contribution in [2.45, 2.75) is 47.5 Å². The molecular weight excluding hydrogens is 508 g/mol. The molecule has 0 fully saturated rings. The summed E-state index contributed by atoms with van der Waals surface area (Å²) in [6.45, 7) is 12.5. The van der Waals surface area contributed by atoms with Gasteiger partial charge in [0, 0.05) is 23.3 Å². The molecule has 0 aliphatic heterocycles. The minimum absolute atomic E-state index is 0.110. The average Bonchev–Trinajstić information content (AvgIpc) is 2.90. The Morgan fingerprint density at radius 2 is 1.82 bits per heavy atom. The van der Waals surface area contributed by atoms with Crippen molar-refractivity contribution in [2.75, 3.05) is 13.7 Å². The van der Waals surface area contributed by atoms with Gasteiger partial charge in [0.1, 0.15) is 11.5 Å². The highest BCUT2D eigenvalue weighted by molar-refractivity contribution is 5.85. The number of non-ortho nitro benzene ring substituents is 1. The Labute approximate surface area is 233 Å². The van der Waals surface area contributed by atoms with Crippen molar-refractivity contribution in [3.63, 3.8) is 0 Å². The summed E-state index contributed by atoms with van der Waals surface area (Å²) in [5, 5.41) is 16.5. The van der Waals surface area contributed by atoms with Crippen molar-refractivity contribution in [2.24, 2.45) is 10.5 Å². The molecule has 0 N–H and O–H groups in total. The first-order chi connectivity index (χ1) is 18.9. The highest BCUT2D eigenvalue weighted by atomic mass is 16.6. The molecule has 1 heterocycles. The number of aromatic nitrogens is 2. The normalized spacial score (nSPS) is 11.9. The average molecular weight is 543 g/mol. The number of hydrogen-bond donors (Lipinski definition) is 0. The summed E-state index contributed by atoms with van der Waals surface area (Å²) in [5.41, 5.74) is 2.87. The molecule has 40 heavy (non-hydrogen) atoms. The summed E-state index contributed by atoms with van der Waals surface area (Å²) in [6, 6.07) is 15.3. The van der Waals surface area contributed by atoms with Crippen LogP contribution in [0.5, 0.6) is 11.5 Å². The molecule has 0 saturated carbocycles. The van der Waals surface area contributed by atoms with Crippen LogP contribution in [0.3, 0.4) is 0 Å². The second kappa shape index (κ2) is 11.3. The van der Waals surface area contributed by atoms with Crippen molar-refractivity contribution in [3.8, 4) is 22.9 Å². The predicted molar refractivity (Wildman–Crippen MR) is 158 cm³/mol. The number of aryl methyl sites for hydroxylation is 1. The predicted octanol–water partition coefficient (Wildman–Crippen LogP) is 6.72. The minimum atomic E-state index is -0.478. The molecule has 4 aromatic rings. The number of nitro groups is 1. The van der Waals surface area contributed by atoms with Crippen LogP contribution < -0.4 is 15.0 Å². The first-order valence-corrected chi connectivity index (χ1v) is 13.1. The van der Waals surface area contributed by atoms with Crippen molar-refractivity contribution < 1.29 is 14.4 Å². The molecule has 9 nitrogen and oxygen atoms in total. The molecule has 4 rings (SSSR count). The zero-order valence-electron chi connectivity index (χ0n) is 23.9. The molecule has 0 aliphatic rings. The van der Waals surface area contributed by atoms with Gasteiger partial charge in [0.25, 0.3) is 11.2 Å². The van der Waals surface area contributed by atoms with E-state index in [1.165, 1.54) is 23.0 Å². The maximum Gasteiger partial charge on any atom is 0.282 e. The molecule has 0 aliphatic carbocycles. The zero-order valence-corrected chi connectivity index (χ0v) is 23.9. The third-order valence-corrected chi connectivity index (χ3v) is 6.37. The fourth-order valence-corrected chi connectivity index (χ4v) is 4.27. The Morgan fingerprint density at radius 3 is 2.48 bits per heavy atom. The number of nitrogens with zero attached hydrogens (tertiary/aromatic N) is 4. The standard InChI is InChI=1S/C31H34N4O5/c1-19(2)24-16-25(20(3)14-28(24)39-7)29-33-26-11-9-8-10-23(26)30(36)34(29)32-17-21-15-22(35(37)38)12-13-27(21)40-18-31(4,5)6/h8-17,19H,18H2,1-7H3. The van der Waals surface area contributed by atoms with Crippen LogP contribution in [0.2, 0.25) is 0 Å². The smallest absolute Gasteiger partial charge is 0.282 e. The van der Waals surface area contributed by atoms with E-state index in [1.807, 2.05) is 45.9 Å². The van der Waals surface area contributed by atoms with E-state index < -0.39 is 4.92 Å². The second-order valence-electron chi connectivity index (χ2n) is 11.2. The Kier molecular flexibility index (Phi) is 8.04. The fourth-order valence-electron chi connectivity index (χ4n) is 4.27. The lowest BCUT2D eigenvalue weighted by atomic mass is 9.96. The first kappa shape index (κ1) is 28.5. The number of ether oxygens (including phenoxy) is 2. The van der Waals surface area contributed by atoms with E-state index in [9.17, 15) is 14.9 Å². The van der Waals surface area contributed by atoms with Crippen LogP contribution >= 0.6 is 0 Å². The third-order valence-electron chi connectivity index (χ3n) is 6.37. The minimum Gasteiger partial charge on any atom is -0.496 e. The summed E-state index contributed by atoms with van der Waals surface area (Å²) in [5.74, 6) is 1.69. The van der Waals surface area contributed by atoms with Gasteiger partial charge in [-0.2, -0.15) is 9.78 Å². The molecule has 0 amide bonds. The largest absolute Gasteiger partial charge is 0.496 e. The summed E-state index contributed by atoms with van der Waals surface area (Å²) in [6.07, 6.45) is 1.41. The SMILES string of the molecule is COc1cc(C)c(-c2nc3ccccc3c(=O)n2N=Cc2cc([N+](=O)[O-])ccc2OCC(C)(C)C)cc1C(C)C. The molecule has 0 bridgehead atoms. The lowest BCUT2D eigenvalue weighted by molar-refractivity contribution is -0.384. The van der Waals surface area contributed by atoms with E-state index in [1.54, 1.807) is 31.4 Å². The quantitative estimate of drug-likeness (QED) is 0.139. The molecule has 0 unspecified atom stereocenters. The highest BCUT2D eigenvalue weighted by Gasteiger charge is 2.19. The van der Waals surface area contributed by atoms with Gasteiger partial charge in [0.2, 0.25) is 0 Å². The van der Waals surface area contributed by atoms with Gasteiger partial charge in [-0.25, -0.2) is 4.98 Å². The van der Waals surface area contributed by atoms with E-state index in [2.05, 4.69) is 18.9 Å². The monoisotopic (exact) mass is 542 g/mol. The number of hydrogen-bond acceptors (Lipinski definition) is 7. The Balaban J connectivity index is 1.95. The number of para-hydroxylation sites is 1. The van der Waals surface area contributed by atoms with Gasteiger partial charge in [0.05, 0.1) is 35.8 Å². The van der Waals surface area contributed by atoms with Gasteiger partial charge in [0.15, 0.2) is 5.82 Å². The van der Waals surface area contributed by atoms with Crippen LogP contribution in [0.4, 0.5) is 5.69 Å². The highest BCUT2D eigenvalue weighted by Crippen LogP contribution is 2.34. The van der Waals surface area contributed by atoms with E-state index >= 15 is 0 Å². The summed E-state index contributed by atoms with van der Waals surface area (Å²) < 4.78 is 12.9.